The fourth-order valence-corrected chi connectivity index (χ4v) is 4.81. The highest BCUT2D eigenvalue weighted by Gasteiger charge is 2.33. The Balaban J connectivity index is 1.85. The molecular formula is C21H20ClFN2O3S. The van der Waals surface area contributed by atoms with Crippen molar-refractivity contribution in [2.45, 2.75) is 29.7 Å². The molecule has 0 saturated carbocycles. The molecule has 0 aliphatic carbocycles. The Labute approximate surface area is 174 Å². The first kappa shape index (κ1) is 19.9. The zero-order valence-electron chi connectivity index (χ0n) is 15.8. The third-order valence-corrected chi connectivity index (χ3v) is 7.05. The smallest absolute Gasteiger partial charge is 0.236 e. The predicted molar refractivity (Wildman–Crippen MR) is 109 cm³/mol. The van der Waals surface area contributed by atoms with E-state index in [0.29, 0.717) is 24.0 Å². The van der Waals surface area contributed by atoms with E-state index in [-0.39, 0.29) is 27.3 Å². The average molecular weight is 435 g/mol. The van der Waals surface area contributed by atoms with Crippen LogP contribution in [0.4, 0.5) is 10.3 Å². The summed E-state index contributed by atoms with van der Waals surface area (Å²) in [4.78, 5) is 6.17. The van der Waals surface area contributed by atoms with Gasteiger partial charge < -0.3 is 9.32 Å². The van der Waals surface area contributed by atoms with Crippen molar-refractivity contribution in [3.8, 4) is 11.5 Å². The predicted octanol–water partition coefficient (Wildman–Crippen LogP) is 5.20. The third-order valence-electron chi connectivity index (χ3n) is 5.13. The number of piperidine rings is 1. The number of aromatic nitrogens is 1. The SMILES string of the molecule is CC1CCN(c2oc(-c3ccccc3F)nc2S(=O)(=O)c2ccc(Cl)cc2)CC1. The van der Waals surface area contributed by atoms with Crippen LogP contribution in [0.2, 0.25) is 5.02 Å². The highest BCUT2D eigenvalue weighted by atomic mass is 35.5. The van der Waals surface area contributed by atoms with Crippen LogP contribution in [0, 0.1) is 11.7 Å². The molecule has 1 saturated heterocycles. The Hall–Kier alpha value is -2.38. The highest BCUT2D eigenvalue weighted by Crippen LogP contribution is 2.37. The highest BCUT2D eigenvalue weighted by molar-refractivity contribution is 7.91. The van der Waals surface area contributed by atoms with Gasteiger partial charge in [-0.2, -0.15) is 4.98 Å². The van der Waals surface area contributed by atoms with Crippen LogP contribution < -0.4 is 4.90 Å². The van der Waals surface area contributed by atoms with Gasteiger partial charge in [-0.3, -0.25) is 0 Å². The van der Waals surface area contributed by atoms with E-state index in [2.05, 4.69) is 11.9 Å². The second-order valence-electron chi connectivity index (χ2n) is 7.24. The van der Waals surface area contributed by atoms with E-state index >= 15 is 0 Å². The monoisotopic (exact) mass is 434 g/mol. The number of halogens is 2. The van der Waals surface area contributed by atoms with Gasteiger partial charge in [-0.05, 0) is 55.2 Å². The molecule has 3 aromatic rings. The van der Waals surface area contributed by atoms with E-state index in [9.17, 15) is 12.8 Å². The molecule has 1 fully saturated rings. The van der Waals surface area contributed by atoms with Gasteiger partial charge in [-0.15, -0.1) is 0 Å². The summed E-state index contributed by atoms with van der Waals surface area (Å²) in [6.45, 7) is 3.46. The van der Waals surface area contributed by atoms with Gasteiger partial charge in [-0.1, -0.05) is 30.7 Å². The number of sulfone groups is 1. The van der Waals surface area contributed by atoms with Gasteiger partial charge in [0.05, 0.1) is 10.5 Å². The van der Waals surface area contributed by atoms with Crippen molar-refractivity contribution >= 4 is 27.3 Å². The molecule has 0 amide bonds. The molecule has 29 heavy (non-hydrogen) atoms. The summed E-state index contributed by atoms with van der Waals surface area (Å²) >= 11 is 5.90. The summed E-state index contributed by atoms with van der Waals surface area (Å²) in [6.07, 6.45) is 1.83. The fourth-order valence-electron chi connectivity index (χ4n) is 3.36. The van der Waals surface area contributed by atoms with Crippen molar-refractivity contribution in [1.82, 2.24) is 4.98 Å². The largest absolute Gasteiger partial charge is 0.419 e. The molecule has 2 aromatic carbocycles. The summed E-state index contributed by atoms with van der Waals surface area (Å²) in [7, 11) is -3.98. The molecule has 2 heterocycles. The zero-order chi connectivity index (χ0) is 20.6. The van der Waals surface area contributed by atoms with Crippen LogP contribution in [0.5, 0.6) is 0 Å². The number of rotatable bonds is 4. The van der Waals surface area contributed by atoms with E-state index < -0.39 is 15.7 Å². The molecule has 8 heteroatoms. The van der Waals surface area contributed by atoms with Gasteiger partial charge in [0.1, 0.15) is 5.82 Å². The van der Waals surface area contributed by atoms with E-state index in [4.69, 9.17) is 16.0 Å². The maximum atomic E-state index is 14.3. The number of hydrogen-bond acceptors (Lipinski definition) is 5. The molecule has 4 rings (SSSR count). The van der Waals surface area contributed by atoms with Crippen LogP contribution in [0.25, 0.3) is 11.5 Å². The Morgan fingerprint density at radius 2 is 1.76 bits per heavy atom. The molecule has 0 spiro atoms. The molecule has 0 radical (unpaired) electrons. The van der Waals surface area contributed by atoms with E-state index in [1.54, 1.807) is 12.1 Å². The van der Waals surface area contributed by atoms with Crippen LogP contribution in [0.15, 0.2) is 62.9 Å². The first-order valence-electron chi connectivity index (χ1n) is 9.37. The molecule has 0 N–H and O–H groups in total. The molecule has 5 nitrogen and oxygen atoms in total. The second kappa shape index (κ2) is 7.80. The molecule has 0 unspecified atom stereocenters. The number of oxazole rings is 1. The summed E-state index contributed by atoms with van der Waals surface area (Å²) in [5.74, 6) is 0.133. The van der Waals surface area contributed by atoms with E-state index in [1.165, 1.54) is 36.4 Å². The normalized spacial score (nSPS) is 15.6. The maximum Gasteiger partial charge on any atom is 0.236 e. The van der Waals surface area contributed by atoms with Crippen molar-refractivity contribution in [3.63, 3.8) is 0 Å². The van der Waals surface area contributed by atoms with Gasteiger partial charge in [0.2, 0.25) is 26.6 Å². The van der Waals surface area contributed by atoms with Crippen molar-refractivity contribution < 1.29 is 17.2 Å². The molecule has 1 aliphatic heterocycles. The van der Waals surface area contributed by atoms with Crippen molar-refractivity contribution in [2.75, 3.05) is 18.0 Å². The standard InChI is InChI=1S/C21H20ClFN2O3S/c1-14-10-12-25(13-11-14)21-20(29(26,27)16-8-6-15(22)7-9-16)24-19(28-21)17-4-2-3-5-18(17)23/h2-9,14H,10-13H2,1H3. The summed E-state index contributed by atoms with van der Waals surface area (Å²) < 4.78 is 46.8. The second-order valence-corrected chi connectivity index (χ2v) is 9.54. The Morgan fingerprint density at radius 1 is 1.10 bits per heavy atom. The first-order chi connectivity index (χ1) is 13.9. The Morgan fingerprint density at radius 3 is 2.41 bits per heavy atom. The number of hydrogen-bond donors (Lipinski definition) is 0. The van der Waals surface area contributed by atoms with Crippen LogP contribution in [0.1, 0.15) is 19.8 Å². The Kier molecular flexibility index (Phi) is 5.36. The van der Waals surface area contributed by atoms with E-state index in [0.717, 1.165) is 12.8 Å². The molecule has 0 atom stereocenters. The molecule has 1 aliphatic rings. The fraction of sp³-hybridized carbons (Fsp3) is 0.286. The van der Waals surface area contributed by atoms with Gasteiger partial charge in [0, 0.05) is 18.1 Å². The summed E-state index contributed by atoms with van der Waals surface area (Å²) in [5, 5.41) is 0.231. The summed E-state index contributed by atoms with van der Waals surface area (Å²) in [5.41, 5.74) is 0.122. The van der Waals surface area contributed by atoms with Crippen LogP contribution in [-0.2, 0) is 9.84 Å². The minimum Gasteiger partial charge on any atom is -0.419 e. The molecular weight excluding hydrogens is 415 g/mol. The lowest BCUT2D eigenvalue weighted by Crippen LogP contribution is -2.33. The first-order valence-corrected chi connectivity index (χ1v) is 11.2. The number of anilines is 1. The molecule has 152 valence electrons. The van der Waals surface area contributed by atoms with Gasteiger partial charge in [0.25, 0.3) is 0 Å². The van der Waals surface area contributed by atoms with Crippen LogP contribution in [-0.4, -0.2) is 26.5 Å². The number of nitrogens with zero attached hydrogens (tertiary/aromatic N) is 2. The lowest BCUT2D eigenvalue weighted by Gasteiger charge is -2.30. The summed E-state index contributed by atoms with van der Waals surface area (Å²) in [6, 6.07) is 11.9. The number of benzene rings is 2. The van der Waals surface area contributed by atoms with Crippen LogP contribution >= 0.6 is 11.6 Å². The third kappa shape index (κ3) is 3.89. The van der Waals surface area contributed by atoms with Crippen molar-refractivity contribution in [1.29, 1.82) is 0 Å². The quantitative estimate of drug-likeness (QED) is 0.564. The maximum absolute atomic E-state index is 14.3. The van der Waals surface area contributed by atoms with Crippen molar-refractivity contribution in [2.24, 2.45) is 5.92 Å². The van der Waals surface area contributed by atoms with Crippen molar-refractivity contribution in [3.05, 3.63) is 59.4 Å². The zero-order valence-corrected chi connectivity index (χ0v) is 17.4. The van der Waals surface area contributed by atoms with Gasteiger partial charge >= 0.3 is 0 Å². The minimum atomic E-state index is -3.98. The topological polar surface area (TPSA) is 63.4 Å². The lowest BCUT2D eigenvalue weighted by atomic mass is 9.99. The average Bonchev–Trinajstić information content (AvgIpc) is 3.15. The molecule has 0 bridgehead atoms. The Bertz CT molecular complexity index is 1120. The molecule has 1 aromatic heterocycles. The lowest BCUT2D eigenvalue weighted by molar-refractivity contribution is 0.415. The van der Waals surface area contributed by atoms with Gasteiger partial charge in [-0.25, -0.2) is 12.8 Å². The minimum absolute atomic E-state index is 0.0516. The van der Waals surface area contributed by atoms with E-state index in [1.807, 2.05) is 4.90 Å². The van der Waals surface area contributed by atoms with Gasteiger partial charge in [0.15, 0.2) is 0 Å². The van der Waals surface area contributed by atoms with Crippen LogP contribution in [0.3, 0.4) is 0 Å².